The number of carbonyl (C=O) groups excluding carboxylic acids is 6. The van der Waals surface area contributed by atoms with Crippen LogP contribution in [0.2, 0.25) is 5.02 Å². The van der Waals surface area contributed by atoms with E-state index < -0.39 is 53.4 Å². The SMILES string of the molecule is COCCOCCOCCOCCOC(=O)OCN1C(=O)CCC(N2C(=O)c3ccc(N4CCN(CC5CCN(c6ccc(C(=O)NC7C(C)(C)C(Oc8ccc(C#N)c(Cl)c8)C7(C)C)cn6)CC5)CC4)cc3C2=O)C1=O. The summed E-state index contributed by atoms with van der Waals surface area (Å²) in [5, 5.41) is 12.8. The van der Waals surface area contributed by atoms with E-state index in [0.29, 0.717) is 60.9 Å². The van der Waals surface area contributed by atoms with Gasteiger partial charge in [0.15, 0.2) is 6.73 Å². The molecule has 4 aliphatic heterocycles. The molecule has 8 rings (SSSR count). The number of piperazine rings is 1. The molecule has 1 aromatic heterocycles. The second-order valence-corrected chi connectivity index (χ2v) is 21.5. The normalized spacial score (nSPS) is 21.4. The number of fused-ring (bicyclic) bond motifs is 1. The molecule has 2 aromatic carbocycles. The van der Waals surface area contributed by atoms with Crippen LogP contribution in [0, 0.1) is 28.1 Å². The number of nitrogens with one attached hydrogen (secondary N) is 1. The predicted octanol–water partition coefficient (Wildman–Crippen LogP) is 5.18. The maximum absolute atomic E-state index is 13.9. The Bertz CT molecular complexity index is 2650. The number of methoxy groups -OCH3 is 1. The second-order valence-electron chi connectivity index (χ2n) is 21.1. The number of aromatic nitrogens is 1. The van der Waals surface area contributed by atoms with Crippen molar-refractivity contribution < 1.29 is 61.9 Å². The van der Waals surface area contributed by atoms with E-state index in [4.69, 9.17) is 49.7 Å². The highest BCUT2D eigenvalue weighted by atomic mass is 35.5. The number of nitrogens with zero attached hydrogens (tertiary/aromatic N) is 7. The van der Waals surface area contributed by atoms with Crippen molar-refractivity contribution >= 4 is 58.8 Å². The fourth-order valence-corrected chi connectivity index (χ4v) is 11.6. The van der Waals surface area contributed by atoms with Crippen molar-refractivity contribution in [1.29, 1.82) is 5.26 Å². The van der Waals surface area contributed by atoms with E-state index in [2.05, 4.69) is 53.8 Å². The van der Waals surface area contributed by atoms with Crippen LogP contribution in [0.25, 0.3) is 0 Å². The predicted molar refractivity (Wildman–Crippen MR) is 281 cm³/mol. The summed E-state index contributed by atoms with van der Waals surface area (Å²) in [5.41, 5.74) is 1.26. The first-order chi connectivity index (χ1) is 37.0. The van der Waals surface area contributed by atoms with Gasteiger partial charge in [-0.2, -0.15) is 5.26 Å². The number of hydrogen-bond donors (Lipinski definition) is 1. The van der Waals surface area contributed by atoms with Gasteiger partial charge in [-0.15, -0.1) is 0 Å². The molecule has 0 radical (unpaired) electrons. The van der Waals surface area contributed by atoms with Gasteiger partial charge in [0.25, 0.3) is 23.6 Å². The third-order valence-electron chi connectivity index (χ3n) is 15.3. The van der Waals surface area contributed by atoms with Crippen molar-refractivity contribution in [3.05, 3.63) is 82.0 Å². The van der Waals surface area contributed by atoms with Gasteiger partial charge >= 0.3 is 6.16 Å². The van der Waals surface area contributed by atoms with Crippen LogP contribution in [0.15, 0.2) is 54.7 Å². The molecule has 5 heterocycles. The Morgan fingerprint density at radius 3 is 2.06 bits per heavy atom. The van der Waals surface area contributed by atoms with E-state index in [-0.39, 0.29) is 61.8 Å². The molecule has 1 aliphatic carbocycles. The average molecular weight is 1090 g/mol. The van der Waals surface area contributed by atoms with Crippen molar-refractivity contribution in [1.82, 2.24) is 25.0 Å². The summed E-state index contributed by atoms with van der Waals surface area (Å²) in [6, 6.07) is 14.6. The third kappa shape index (κ3) is 13.1. The van der Waals surface area contributed by atoms with Gasteiger partial charge in [-0.1, -0.05) is 39.3 Å². The first-order valence-electron chi connectivity index (χ1n) is 26.2. The molecule has 0 spiro atoms. The number of pyridine rings is 1. The molecule has 22 heteroatoms. The molecule has 1 unspecified atom stereocenters. The van der Waals surface area contributed by atoms with Gasteiger partial charge in [0.2, 0.25) is 5.91 Å². The van der Waals surface area contributed by atoms with E-state index in [1.54, 1.807) is 43.6 Å². The molecule has 77 heavy (non-hydrogen) atoms. The molecule has 5 amide bonds. The van der Waals surface area contributed by atoms with Gasteiger partial charge < -0.3 is 48.3 Å². The van der Waals surface area contributed by atoms with Crippen molar-refractivity contribution in [3.8, 4) is 11.8 Å². The molecular weight excluding hydrogens is 1020 g/mol. The van der Waals surface area contributed by atoms with Gasteiger partial charge in [0.1, 0.15) is 36.4 Å². The standard InChI is InChI=1S/C55H69ClN8O13/c1-54(2)51(55(3,4)52(54)77-40-9-6-37(32-57)43(56)31-40)59-47(66)38-7-12-45(58-33-38)62-16-14-36(15-17-62)34-60-18-20-61(21-19-60)39-8-10-41-42(30-39)49(68)64(48(41)67)44-11-13-46(65)63(50(44)69)35-76-53(70)75-29-28-74-27-26-73-25-24-72-23-22-71-5/h6-10,12,30-31,33,36,44,51-52H,11,13-29,34-35H2,1-5H3,(H,59,66). The minimum absolute atomic E-state index is 0.0533. The van der Waals surface area contributed by atoms with Crippen molar-refractivity contribution in [2.45, 2.75) is 71.6 Å². The number of amides is 5. The highest BCUT2D eigenvalue weighted by Gasteiger charge is 2.64. The molecule has 0 bridgehead atoms. The van der Waals surface area contributed by atoms with Crippen LogP contribution in [0.3, 0.4) is 0 Å². The Kier molecular flexibility index (Phi) is 18.7. The number of hydrogen-bond acceptors (Lipinski definition) is 18. The Hall–Kier alpha value is -6.41. The van der Waals surface area contributed by atoms with Crippen LogP contribution in [0.5, 0.6) is 5.75 Å². The van der Waals surface area contributed by atoms with Crippen LogP contribution in [0.1, 0.15) is 90.0 Å². The average Bonchev–Trinajstić information content (AvgIpc) is 3.80. The second kappa shape index (κ2) is 25.4. The lowest BCUT2D eigenvalue weighted by atomic mass is 9.49. The highest BCUT2D eigenvalue weighted by molar-refractivity contribution is 6.31. The topological polar surface area (TPSA) is 232 Å². The Morgan fingerprint density at radius 1 is 0.766 bits per heavy atom. The molecule has 414 valence electrons. The zero-order chi connectivity index (χ0) is 54.9. The minimum Gasteiger partial charge on any atom is -0.489 e. The highest BCUT2D eigenvalue weighted by Crippen LogP contribution is 2.55. The van der Waals surface area contributed by atoms with Crippen LogP contribution in [-0.2, 0) is 38.0 Å². The lowest BCUT2D eigenvalue weighted by molar-refractivity contribution is -0.164. The zero-order valence-electron chi connectivity index (χ0n) is 44.5. The summed E-state index contributed by atoms with van der Waals surface area (Å²) in [7, 11) is 1.59. The molecule has 3 saturated heterocycles. The molecule has 3 aromatic rings. The number of likely N-dealkylation sites (tertiary alicyclic amines) is 1. The van der Waals surface area contributed by atoms with Crippen LogP contribution >= 0.6 is 11.6 Å². The summed E-state index contributed by atoms with van der Waals surface area (Å²) < 4.78 is 37.4. The smallest absolute Gasteiger partial charge is 0.489 e. The van der Waals surface area contributed by atoms with Gasteiger partial charge in [-0.25, -0.2) is 14.7 Å². The monoisotopic (exact) mass is 1080 g/mol. The van der Waals surface area contributed by atoms with Gasteiger partial charge in [-0.3, -0.25) is 33.8 Å². The van der Waals surface area contributed by atoms with Gasteiger partial charge in [-0.05, 0) is 67.6 Å². The van der Waals surface area contributed by atoms with E-state index in [0.717, 1.165) is 80.0 Å². The lowest BCUT2D eigenvalue weighted by Crippen LogP contribution is -2.74. The van der Waals surface area contributed by atoms with E-state index in [9.17, 15) is 34.0 Å². The van der Waals surface area contributed by atoms with Crippen molar-refractivity contribution in [2.75, 3.05) is 122 Å². The summed E-state index contributed by atoms with van der Waals surface area (Å²) in [6.45, 7) is 15.6. The summed E-state index contributed by atoms with van der Waals surface area (Å²) in [5.74, 6) is -0.934. The number of ether oxygens (including phenoxy) is 7. The minimum atomic E-state index is -1.25. The molecule has 4 fully saturated rings. The molecule has 1 atom stereocenters. The van der Waals surface area contributed by atoms with Crippen LogP contribution in [0.4, 0.5) is 16.3 Å². The van der Waals surface area contributed by atoms with Crippen molar-refractivity contribution in [3.63, 3.8) is 0 Å². The maximum Gasteiger partial charge on any atom is 0.510 e. The molecule has 5 aliphatic rings. The largest absolute Gasteiger partial charge is 0.510 e. The Balaban J connectivity index is 0.736. The summed E-state index contributed by atoms with van der Waals surface area (Å²) >= 11 is 6.27. The number of carbonyl (C=O) groups is 6. The molecule has 21 nitrogen and oxygen atoms in total. The van der Waals surface area contributed by atoms with Gasteiger partial charge in [0.05, 0.1) is 73.5 Å². The quantitative estimate of drug-likeness (QED) is 0.0732. The first kappa shape index (κ1) is 56.8. The number of imide groups is 2. The maximum atomic E-state index is 13.9. The number of benzene rings is 2. The Labute approximate surface area is 453 Å². The molecule has 1 N–H and O–H groups in total. The summed E-state index contributed by atoms with van der Waals surface area (Å²) in [6.07, 6.45) is 2.12. The molecular formula is C55H69ClN8O13. The molecule has 1 saturated carbocycles. The number of piperidine rings is 2. The van der Waals surface area contributed by atoms with Crippen LogP contribution < -0.4 is 19.9 Å². The fourth-order valence-electron chi connectivity index (χ4n) is 11.4. The van der Waals surface area contributed by atoms with Gasteiger partial charge in [0, 0.05) is 94.2 Å². The van der Waals surface area contributed by atoms with E-state index in [1.807, 2.05) is 18.2 Å². The van der Waals surface area contributed by atoms with E-state index >= 15 is 0 Å². The third-order valence-corrected chi connectivity index (χ3v) is 15.6. The number of nitriles is 1. The fraction of sp³-hybridized carbons (Fsp3) is 0.564. The Morgan fingerprint density at radius 2 is 1.43 bits per heavy atom. The number of halogens is 1. The van der Waals surface area contributed by atoms with Crippen LogP contribution in [-0.4, -0.2) is 186 Å². The first-order valence-corrected chi connectivity index (χ1v) is 26.6. The number of rotatable bonds is 23. The van der Waals surface area contributed by atoms with E-state index in [1.165, 1.54) is 0 Å². The summed E-state index contributed by atoms with van der Waals surface area (Å²) in [4.78, 5) is 93.1. The van der Waals surface area contributed by atoms with Crippen molar-refractivity contribution in [2.24, 2.45) is 16.7 Å². The lowest BCUT2D eigenvalue weighted by Gasteiger charge is -2.63. The number of anilines is 2. The zero-order valence-corrected chi connectivity index (χ0v) is 45.2.